The lowest BCUT2D eigenvalue weighted by Gasteiger charge is -2.10. The number of nitrogens with one attached hydrogen (secondary N) is 1. The van der Waals surface area contributed by atoms with Crippen molar-refractivity contribution in [2.45, 2.75) is 25.9 Å². The topological polar surface area (TPSA) is 80.9 Å². The van der Waals surface area contributed by atoms with E-state index in [0.29, 0.717) is 11.0 Å². The first-order chi connectivity index (χ1) is 10.1. The van der Waals surface area contributed by atoms with Crippen molar-refractivity contribution in [2.24, 2.45) is 5.73 Å². The van der Waals surface area contributed by atoms with E-state index in [2.05, 4.69) is 15.3 Å². The lowest BCUT2D eigenvalue weighted by Crippen LogP contribution is -2.15. The predicted octanol–water partition coefficient (Wildman–Crippen LogP) is 3.38. The highest BCUT2D eigenvalue weighted by atomic mass is 32.2. The number of primary amides is 1. The summed E-state index contributed by atoms with van der Waals surface area (Å²) in [5.41, 5.74) is 7.57. The number of nitrogens with two attached hydrogens (primary N) is 1. The molecule has 0 unspecified atom stereocenters. The van der Waals surface area contributed by atoms with Crippen molar-refractivity contribution in [1.82, 2.24) is 9.97 Å². The minimum atomic E-state index is -0.553. The van der Waals surface area contributed by atoms with Gasteiger partial charge < -0.3 is 11.1 Å². The second-order valence-electron chi connectivity index (χ2n) is 3.98. The normalized spacial score (nSPS) is 9.52. The van der Waals surface area contributed by atoms with Gasteiger partial charge in [-0.3, -0.25) is 4.79 Å². The lowest BCUT2D eigenvalue weighted by atomic mass is 10.2. The molecule has 0 aliphatic heterocycles. The van der Waals surface area contributed by atoms with Gasteiger partial charge in [-0.2, -0.15) is 0 Å². The van der Waals surface area contributed by atoms with Crippen LogP contribution in [-0.4, -0.2) is 22.1 Å². The van der Waals surface area contributed by atoms with Crippen molar-refractivity contribution >= 4 is 29.2 Å². The summed E-state index contributed by atoms with van der Waals surface area (Å²) < 4.78 is 0. The fourth-order valence-corrected chi connectivity index (χ4v) is 1.94. The summed E-state index contributed by atoms with van der Waals surface area (Å²) in [7, 11) is 0. The Labute approximate surface area is 129 Å². The largest absolute Gasteiger partial charge is 0.365 e. The number of hydrogen-bond acceptors (Lipinski definition) is 5. The summed E-state index contributed by atoms with van der Waals surface area (Å²) in [6.07, 6.45) is 3.31. The first-order valence-electron chi connectivity index (χ1n) is 6.64. The molecule has 5 nitrogen and oxygen atoms in total. The summed E-state index contributed by atoms with van der Waals surface area (Å²) in [6, 6.07) is 7.79. The fraction of sp³-hybridized carbons (Fsp3) is 0.267. The first-order valence-corrected chi connectivity index (χ1v) is 7.87. The van der Waals surface area contributed by atoms with Crippen LogP contribution in [0.5, 0.6) is 0 Å². The molecule has 0 spiro atoms. The third-order valence-corrected chi connectivity index (χ3v) is 3.06. The molecule has 1 aromatic heterocycles. The fourth-order valence-electron chi connectivity index (χ4n) is 1.60. The molecule has 1 aromatic carbocycles. The number of rotatable bonds is 4. The maximum atomic E-state index is 11.4. The van der Waals surface area contributed by atoms with E-state index >= 15 is 0 Å². The molecule has 112 valence electrons. The summed E-state index contributed by atoms with van der Waals surface area (Å²) in [4.78, 5) is 19.7. The second kappa shape index (κ2) is 8.26. The Hall–Kier alpha value is -2.08. The molecule has 3 N–H and O–H groups in total. The number of carbonyl (C=O) groups is 1. The average molecular weight is 304 g/mol. The highest BCUT2D eigenvalue weighted by Crippen LogP contribution is 2.21. The van der Waals surface area contributed by atoms with Crippen LogP contribution in [0.1, 0.15) is 29.8 Å². The van der Waals surface area contributed by atoms with Gasteiger partial charge in [-0.1, -0.05) is 37.7 Å². The van der Waals surface area contributed by atoms with E-state index in [1.807, 2.05) is 51.3 Å². The van der Waals surface area contributed by atoms with Crippen LogP contribution in [0, 0.1) is 6.92 Å². The van der Waals surface area contributed by atoms with E-state index in [4.69, 9.17) is 5.73 Å². The van der Waals surface area contributed by atoms with E-state index in [1.54, 1.807) is 0 Å². The third kappa shape index (κ3) is 4.75. The molecule has 0 bridgehead atoms. The van der Waals surface area contributed by atoms with Crippen LogP contribution >= 0.6 is 11.8 Å². The Morgan fingerprint density at radius 1 is 1.33 bits per heavy atom. The van der Waals surface area contributed by atoms with Gasteiger partial charge in [0.2, 0.25) is 0 Å². The molecule has 0 fully saturated rings. The molecule has 21 heavy (non-hydrogen) atoms. The summed E-state index contributed by atoms with van der Waals surface area (Å²) >= 11 is 1.40. The van der Waals surface area contributed by atoms with E-state index in [1.165, 1.54) is 18.0 Å². The molecule has 0 aliphatic carbocycles. The maximum Gasteiger partial charge on any atom is 0.254 e. The van der Waals surface area contributed by atoms with Gasteiger partial charge in [0, 0.05) is 11.9 Å². The van der Waals surface area contributed by atoms with Gasteiger partial charge in [0.15, 0.2) is 5.16 Å². The van der Waals surface area contributed by atoms with Crippen molar-refractivity contribution in [2.75, 3.05) is 11.6 Å². The van der Waals surface area contributed by atoms with Crippen LogP contribution in [-0.2, 0) is 0 Å². The molecule has 0 saturated heterocycles. The number of benzene rings is 1. The number of anilines is 2. The molecular formula is C15H20N4OS. The van der Waals surface area contributed by atoms with Crippen molar-refractivity contribution in [1.29, 1.82) is 0 Å². The quantitative estimate of drug-likeness (QED) is 0.668. The van der Waals surface area contributed by atoms with E-state index < -0.39 is 5.91 Å². The van der Waals surface area contributed by atoms with Crippen LogP contribution in [0.25, 0.3) is 0 Å². The summed E-state index contributed by atoms with van der Waals surface area (Å²) in [5, 5.41) is 3.69. The molecule has 2 aromatic rings. The number of carbonyl (C=O) groups excluding carboxylic acids is 1. The molecule has 1 heterocycles. The average Bonchev–Trinajstić information content (AvgIpc) is 2.49. The third-order valence-electron chi connectivity index (χ3n) is 2.50. The maximum absolute atomic E-state index is 11.4. The Balaban J connectivity index is 0.00000106. The zero-order valence-electron chi connectivity index (χ0n) is 12.7. The molecule has 0 radical (unpaired) electrons. The van der Waals surface area contributed by atoms with Gasteiger partial charge in [0.05, 0.1) is 0 Å². The SMILES string of the molecule is CC.CSc1ncc(C(N)=O)c(Nc2cccc(C)c2)n1. The molecule has 1 amide bonds. The van der Waals surface area contributed by atoms with E-state index in [0.717, 1.165) is 11.3 Å². The zero-order valence-corrected chi connectivity index (χ0v) is 13.5. The number of nitrogens with zero attached hydrogens (tertiary/aromatic N) is 2. The van der Waals surface area contributed by atoms with E-state index in [-0.39, 0.29) is 5.56 Å². The van der Waals surface area contributed by atoms with Crippen LogP contribution < -0.4 is 11.1 Å². The van der Waals surface area contributed by atoms with Crippen LogP contribution in [0.15, 0.2) is 35.6 Å². The monoisotopic (exact) mass is 304 g/mol. The molecule has 0 atom stereocenters. The lowest BCUT2D eigenvalue weighted by molar-refractivity contribution is 0.100. The number of thioether (sulfide) groups is 1. The molecule has 0 aliphatic rings. The van der Waals surface area contributed by atoms with Gasteiger partial charge in [-0.15, -0.1) is 0 Å². The van der Waals surface area contributed by atoms with Crippen molar-refractivity contribution in [3.63, 3.8) is 0 Å². The number of hydrogen-bond donors (Lipinski definition) is 2. The number of aromatic nitrogens is 2. The van der Waals surface area contributed by atoms with Crippen LogP contribution in [0.3, 0.4) is 0 Å². The zero-order chi connectivity index (χ0) is 15.8. The van der Waals surface area contributed by atoms with Crippen LogP contribution in [0.4, 0.5) is 11.5 Å². The van der Waals surface area contributed by atoms with Gasteiger partial charge in [-0.25, -0.2) is 9.97 Å². The second-order valence-corrected chi connectivity index (χ2v) is 4.75. The Kier molecular flexibility index (Phi) is 6.68. The Bertz CT molecular complexity index is 616. The minimum Gasteiger partial charge on any atom is -0.365 e. The molecule has 6 heteroatoms. The Morgan fingerprint density at radius 2 is 2.05 bits per heavy atom. The van der Waals surface area contributed by atoms with E-state index in [9.17, 15) is 4.79 Å². The first kappa shape index (κ1) is 17.0. The minimum absolute atomic E-state index is 0.277. The Morgan fingerprint density at radius 3 is 2.62 bits per heavy atom. The van der Waals surface area contributed by atoms with Gasteiger partial charge in [-0.05, 0) is 30.9 Å². The van der Waals surface area contributed by atoms with Gasteiger partial charge in [0.25, 0.3) is 5.91 Å². The smallest absolute Gasteiger partial charge is 0.254 e. The predicted molar refractivity (Wildman–Crippen MR) is 88.1 cm³/mol. The highest BCUT2D eigenvalue weighted by Gasteiger charge is 2.12. The van der Waals surface area contributed by atoms with Gasteiger partial charge in [0.1, 0.15) is 11.4 Å². The standard InChI is InChI=1S/C13H14N4OS.C2H6/c1-8-4-3-5-9(6-8)16-12-10(11(14)18)7-15-13(17-12)19-2;1-2/h3-7H,1-2H3,(H2,14,18)(H,15,16,17);1-2H3. The van der Waals surface area contributed by atoms with Crippen LogP contribution in [0.2, 0.25) is 0 Å². The van der Waals surface area contributed by atoms with Crippen molar-refractivity contribution < 1.29 is 4.79 Å². The molecular weight excluding hydrogens is 284 g/mol. The highest BCUT2D eigenvalue weighted by molar-refractivity contribution is 7.98. The summed E-state index contributed by atoms with van der Waals surface area (Å²) in [5.74, 6) is -0.125. The van der Waals surface area contributed by atoms with Crippen molar-refractivity contribution in [3.05, 3.63) is 41.6 Å². The molecule has 2 rings (SSSR count). The number of amides is 1. The van der Waals surface area contributed by atoms with Gasteiger partial charge >= 0.3 is 0 Å². The molecule has 0 saturated carbocycles. The van der Waals surface area contributed by atoms with Crippen molar-refractivity contribution in [3.8, 4) is 0 Å². The summed E-state index contributed by atoms with van der Waals surface area (Å²) in [6.45, 7) is 5.99. The number of aryl methyl sites for hydroxylation is 1.